The molecule has 1 aromatic rings. The lowest BCUT2D eigenvalue weighted by Gasteiger charge is -2.69. The second kappa shape index (κ2) is 10.7. The van der Waals surface area contributed by atoms with Gasteiger partial charge in [0.1, 0.15) is 11.9 Å². The van der Waals surface area contributed by atoms with Crippen LogP contribution in [-0.4, -0.2) is 94.4 Å². The molecule has 3 heterocycles. The van der Waals surface area contributed by atoms with Gasteiger partial charge in [0, 0.05) is 36.7 Å². The Morgan fingerprint density at radius 1 is 1.05 bits per heavy atom. The minimum atomic E-state index is -1.69. The van der Waals surface area contributed by atoms with E-state index in [1.165, 1.54) is 14.0 Å². The van der Waals surface area contributed by atoms with E-state index < -0.39 is 86.2 Å². The van der Waals surface area contributed by atoms with Crippen molar-refractivity contribution in [3.05, 3.63) is 53.6 Å². The van der Waals surface area contributed by atoms with E-state index in [1.807, 2.05) is 25.1 Å². The number of methoxy groups -OCH3 is 1. The third-order valence-corrected chi connectivity index (χ3v) is 16.9. The van der Waals surface area contributed by atoms with Crippen LogP contribution in [0.2, 0.25) is 0 Å². The number of rotatable bonds is 6. The summed E-state index contributed by atoms with van der Waals surface area (Å²) in [6, 6.07) is 7.31. The standard InChI is InChI=1S/C43H50O12/c1-36-13-11-28-37(2,19-42(28)32(47)23-8-6-7-9-26(23)53-42)31(36)30(46)33(48)39(4)27(36)12-14-40-20-41(39,40)15-10-25(40)24-17-43(55-34(24)49)35(50)38(3,21-52-43)54-29(45)16-22(18-44)51-5/h6-9,11-12,14,22,24-25,27,30-31,35,44,46,50H,10,13,15-21H2,1-5H3/t22-,24-,25+,27+,30+,31+,35+,36+,37-,38-,39-,40+,41+,42+,43+/m0/s1. The van der Waals surface area contributed by atoms with Gasteiger partial charge in [-0.05, 0) is 78.4 Å². The number of allylic oxidation sites excluding steroid dienone is 3. The quantitative estimate of drug-likeness (QED) is 0.284. The summed E-state index contributed by atoms with van der Waals surface area (Å²) >= 11 is 0. The van der Waals surface area contributed by atoms with Gasteiger partial charge in [0.15, 0.2) is 23.1 Å². The molecule has 4 saturated carbocycles. The SMILES string of the molecule is CO[C@H](CO)CC(=O)O[C@@]1(C)CO[C@@]2(C[C@@H]([C@H]3CC[C@]45C[C@]34C=C[C@@H]3[C@@]4(C)CC=C6[C@@]7(C[C@]6(C)[C@@H]4[C@@H](O)C(=O)[C@]35C)Oc3ccccc3C7=O)C(=O)O2)[C@@H]1O. The molecule has 3 aliphatic heterocycles. The number of hydrogen-bond donors (Lipinski definition) is 3. The summed E-state index contributed by atoms with van der Waals surface area (Å²) in [5.74, 6) is -3.92. The molecule has 12 nitrogen and oxygen atoms in total. The van der Waals surface area contributed by atoms with Gasteiger partial charge in [-0.3, -0.25) is 19.2 Å². The van der Waals surface area contributed by atoms with Crippen LogP contribution in [0.1, 0.15) is 83.0 Å². The summed E-state index contributed by atoms with van der Waals surface area (Å²) < 4.78 is 29.1. The highest BCUT2D eigenvalue weighted by atomic mass is 16.8. The normalized spacial score (nSPS) is 51.2. The minimum absolute atomic E-state index is 0.0558. The van der Waals surface area contributed by atoms with E-state index in [9.17, 15) is 29.7 Å². The number of ketones is 2. The minimum Gasteiger partial charge on any atom is -0.474 e. The molecule has 3 N–H and O–H groups in total. The highest BCUT2D eigenvalue weighted by Crippen LogP contribution is 2.89. The predicted octanol–water partition coefficient (Wildman–Crippen LogP) is 3.64. The van der Waals surface area contributed by atoms with Crippen LogP contribution in [0.25, 0.3) is 0 Å². The molecule has 12 heteroatoms. The van der Waals surface area contributed by atoms with E-state index >= 15 is 4.79 Å². The molecule has 0 radical (unpaired) electrons. The van der Waals surface area contributed by atoms with E-state index in [-0.39, 0.29) is 49.5 Å². The van der Waals surface area contributed by atoms with Gasteiger partial charge in [0.05, 0.1) is 37.2 Å². The largest absolute Gasteiger partial charge is 0.474 e. The Bertz CT molecular complexity index is 2020. The summed E-state index contributed by atoms with van der Waals surface area (Å²) in [6.07, 6.45) is 6.07. The fourth-order valence-corrected chi connectivity index (χ4v) is 14.6. The summed E-state index contributed by atoms with van der Waals surface area (Å²) in [4.78, 5) is 55.4. The maximum atomic E-state index is 15.0. The number of fused-ring (bicyclic) bond motifs is 7. The monoisotopic (exact) mass is 758 g/mol. The van der Waals surface area contributed by atoms with Crippen molar-refractivity contribution in [3.63, 3.8) is 0 Å². The van der Waals surface area contributed by atoms with Gasteiger partial charge in [0.25, 0.3) is 0 Å². The smallest absolute Gasteiger partial charge is 0.312 e. The van der Waals surface area contributed by atoms with Gasteiger partial charge in [-0.15, -0.1) is 0 Å². The number of hydrogen-bond acceptors (Lipinski definition) is 12. The number of para-hydroxylation sites is 1. The van der Waals surface area contributed by atoms with Crippen LogP contribution in [-0.2, 0) is 33.3 Å². The van der Waals surface area contributed by atoms with E-state index in [2.05, 4.69) is 32.1 Å². The molecule has 9 aliphatic rings. The molecule has 1 aromatic carbocycles. The molecule has 55 heavy (non-hydrogen) atoms. The number of benzene rings is 1. The van der Waals surface area contributed by atoms with Crippen molar-refractivity contribution in [2.24, 2.45) is 50.7 Å². The lowest BCUT2D eigenvalue weighted by Crippen LogP contribution is -2.73. The van der Waals surface area contributed by atoms with Crippen LogP contribution < -0.4 is 4.74 Å². The van der Waals surface area contributed by atoms with Crippen LogP contribution in [0.3, 0.4) is 0 Å². The van der Waals surface area contributed by atoms with Crippen LogP contribution in [0, 0.1) is 50.7 Å². The van der Waals surface area contributed by atoms with Crippen LogP contribution in [0.5, 0.6) is 5.75 Å². The molecule has 0 unspecified atom stereocenters. The zero-order valence-corrected chi connectivity index (χ0v) is 32.0. The van der Waals surface area contributed by atoms with Gasteiger partial charge in [0.2, 0.25) is 11.6 Å². The molecular weight excluding hydrogens is 708 g/mol. The molecule has 2 saturated heterocycles. The number of aliphatic hydroxyl groups is 3. The molecule has 2 spiro atoms. The van der Waals surface area contributed by atoms with Crippen molar-refractivity contribution in [3.8, 4) is 5.75 Å². The summed E-state index contributed by atoms with van der Waals surface area (Å²) in [5, 5.41) is 33.4. The molecule has 0 aromatic heterocycles. The fourth-order valence-electron chi connectivity index (χ4n) is 14.6. The van der Waals surface area contributed by atoms with Crippen molar-refractivity contribution in [2.75, 3.05) is 20.3 Å². The third-order valence-electron chi connectivity index (χ3n) is 16.9. The van der Waals surface area contributed by atoms with Crippen LogP contribution in [0.15, 0.2) is 48.1 Å². The molecule has 10 rings (SSSR count). The fraction of sp³-hybridized carbons (Fsp3) is 0.674. The molecule has 6 aliphatic carbocycles. The Morgan fingerprint density at radius 2 is 1.82 bits per heavy atom. The second-order valence-corrected chi connectivity index (χ2v) is 19.2. The number of ether oxygens (including phenoxy) is 5. The zero-order valence-electron chi connectivity index (χ0n) is 32.0. The number of esters is 2. The maximum absolute atomic E-state index is 15.0. The van der Waals surface area contributed by atoms with E-state index in [0.29, 0.717) is 43.4 Å². The molecule has 6 fully saturated rings. The first-order valence-electron chi connectivity index (χ1n) is 19.8. The average molecular weight is 759 g/mol. The first-order valence-corrected chi connectivity index (χ1v) is 19.8. The van der Waals surface area contributed by atoms with Gasteiger partial charge in [-0.2, -0.15) is 0 Å². The molecule has 15 atom stereocenters. The Morgan fingerprint density at radius 3 is 2.55 bits per heavy atom. The highest BCUT2D eigenvalue weighted by molar-refractivity contribution is 6.11. The van der Waals surface area contributed by atoms with E-state index in [0.717, 1.165) is 5.57 Å². The first kappa shape index (κ1) is 36.0. The topological polar surface area (TPSA) is 175 Å². The number of aliphatic hydroxyl groups excluding tert-OH is 3. The van der Waals surface area contributed by atoms with Gasteiger partial charge in [-0.1, -0.05) is 51.1 Å². The third kappa shape index (κ3) is 3.92. The van der Waals surface area contributed by atoms with Crippen molar-refractivity contribution in [2.45, 2.75) is 108 Å². The predicted molar refractivity (Wildman–Crippen MR) is 191 cm³/mol. The number of Topliss-reactive ketones (excluding diaryl/α,β-unsaturated/α-hetero) is 2. The van der Waals surface area contributed by atoms with Crippen LogP contribution in [0.4, 0.5) is 0 Å². The lowest BCUT2D eigenvalue weighted by molar-refractivity contribution is -0.224. The van der Waals surface area contributed by atoms with Crippen molar-refractivity contribution in [1.82, 2.24) is 0 Å². The molecule has 294 valence electrons. The summed E-state index contributed by atoms with van der Waals surface area (Å²) in [5.41, 5.74) is -4.08. The number of carbonyl (C=O) groups is 4. The van der Waals surface area contributed by atoms with Gasteiger partial charge >= 0.3 is 11.9 Å². The second-order valence-electron chi connectivity index (χ2n) is 19.2. The van der Waals surface area contributed by atoms with Crippen molar-refractivity contribution >= 4 is 23.5 Å². The highest BCUT2D eigenvalue weighted by Gasteiger charge is 2.87. The van der Waals surface area contributed by atoms with E-state index in [1.54, 1.807) is 6.07 Å². The Kier molecular flexibility index (Phi) is 7.02. The Labute approximate surface area is 319 Å². The summed E-state index contributed by atoms with van der Waals surface area (Å²) in [7, 11) is 1.38. The van der Waals surface area contributed by atoms with Crippen molar-refractivity contribution in [1.29, 1.82) is 0 Å². The molecule has 0 amide bonds. The average Bonchev–Trinajstić information content (AvgIpc) is 3.28. The first-order chi connectivity index (χ1) is 26.0. The summed E-state index contributed by atoms with van der Waals surface area (Å²) in [6.45, 7) is 7.31. The molecule has 0 bridgehead atoms. The van der Waals surface area contributed by atoms with Gasteiger partial charge in [-0.25, -0.2) is 0 Å². The van der Waals surface area contributed by atoms with Gasteiger partial charge < -0.3 is 39.0 Å². The maximum Gasteiger partial charge on any atom is 0.312 e. The molecular formula is C43H50O12. The van der Waals surface area contributed by atoms with Crippen LogP contribution >= 0.6 is 0 Å². The Hall–Kier alpha value is -3.42. The number of carbonyl (C=O) groups excluding carboxylic acids is 4. The Balaban J connectivity index is 0.932. The van der Waals surface area contributed by atoms with E-state index in [4.69, 9.17) is 23.7 Å². The zero-order chi connectivity index (χ0) is 38.9. The lowest BCUT2D eigenvalue weighted by atomic mass is 9.34. The van der Waals surface area contributed by atoms with Crippen molar-refractivity contribution < 1.29 is 58.2 Å².